The number of hydrogen-bond donors (Lipinski definition) is 0. The summed E-state index contributed by atoms with van der Waals surface area (Å²) >= 11 is 0. The van der Waals surface area contributed by atoms with Gasteiger partial charge >= 0.3 is 0 Å². The van der Waals surface area contributed by atoms with Crippen LogP contribution in [0.3, 0.4) is 0 Å². The smallest absolute Gasteiger partial charge is 0.155 e. The second-order valence-corrected chi connectivity index (χ2v) is 4.24. The molecule has 0 N–H and O–H groups in total. The minimum atomic E-state index is 0.548. The molecule has 1 heterocycles. The maximum absolute atomic E-state index is 11.1. The maximum Gasteiger partial charge on any atom is 0.155 e. The molecular formula is C12H17N3O. The third kappa shape index (κ3) is 1.75. The van der Waals surface area contributed by atoms with E-state index >= 15 is 0 Å². The summed E-state index contributed by atoms with van der Waals surface area (Å²) in [4.78, 5) is 13.3. The molecule has 1 saturated carbocycles. The van der Waals surface area contributed by atoms with Gasteiger partial charge in [-0.3, -0.25) is 9.48 Å². The lowest BCUT2D eigenvalue weighted by molar-refractivity contribution is 0.112. The van der Waals surface area contributed by atoms with Gasteiger partial charge < -0.3 is 4.90 Å². The van der Waals surface area contributed by atoms with Crippen molar-refractivity contribution in [1.29, 1.82) is 0 Å². The van der Waals surface area contributed by atoms with E-state index in [9.17, 15) is 4.79 Å². The van der Waals surface area contributed by atoms with Crippen molar-refractivity contribution < 1.29 is 4.79 Å². The van der Waals surface area contributed by atoms with Crippen LogP contribution >= 0.6 is 0 Å². The maximum atomic E-state index is 11.1. The van der Waals surface area contributed by atoms with Crippen LogP contribution < -0.4 is 4.90 Å². The van der Waals surface area contributed by atoms with Gasteiger partial charge in [0, 0.05) is 19.6 Å². The second kappa shape index (κ2) is 4.12. The van der Waals surface area contributed by atoms with E-state index in [4.69, 9.17) is 0 Å². The highest BCUT2D eigenvalue weighted by atomic mass is 16.1. The highest BCUT2D eigenvalue weighted by Crippen LogP contribution is 2.33. The van der Waals surface area contributed by atoms with E-state index in [-0.39, 0.29) is 0 Å². The highest BCUT2D eigenvalue weighted by molar-refractivity contribution is 5.85. The fourth-order valence-electron chi connectivity index (χ4n) is 2.07. The zero-order chi connectivity index (χ0) is 11.7. The first kappa shape index (κ1) is 10.9. The number of aryl methyl sites for hydroxylation is 2. The number of nitrogens with zero attached hydrogens (tertiary/aromatic N) is 3. The third-order valence-electron chi connectivity index (χ3n) is 2.94. The number of anilines is 1. The van der Waals surface area contributed by atoms with Gasteiger partial charge in [-0.2, -0.15) is 5.10 Å². The molecule has 1 fully saturated rings. The number of carbonyl (C=O) groups is 1. The molecule has 0 atom stereocenters. The standard InChI is InChI=1S/C12H17N3O/c1-4-7-15(10-5-6-10)12-11(8-16)9(2)13-14(12)3/h4,8,10H,1,5-7H2,2-3H3. The molecule has 0 bridgehead atoms. The molecule has 0 aliphatic heterocycles. The number of aldehydes is 1. The third-order valence-corrected chi connectivity index (χ3v) is 2.94. The Labute approximate surface area is 95.5 Å². The minimum Gasteiger partial charge on any atom is -0.350 e. The largest absolute Gasteiger partial charge is 0.350 e. The lowest BCUT2D eigenvalue weighted by Crippen LogP contribution is -2.28. The lowest BCUT2D eigenvalue weighted by Gasteiger charge is -2.23. The fourth-order valence-corrected chi connectivity index (χ4v) is 2.07. The van der Waals surface area contributed by atoms with E-state index in [0.29, 0.717) is 11.6 Å². The van der Waals surface area contributed by atoms with E-state index in [2.05, 4.69) is 16.6 Å². The monoisotopic (exact) mass is 219 g/mol. The Morgan fingerprint density at radius 3 is 2.81 bits per heavy atom. The molecule has 0 radical (unpaired) electrons. The first-order valence-corrected chi connectivity index (χ1v) is 5.55. The summed E-state index contributed by atoms with van der Waals surface area (Å²) in [6, 6.07) is 0.548. The Balaban J connectivity index is 2.42. The average Bonchev–Trinajstić information content (AvgIpc) is 3.02. The van der Waals surface area contributed by atoms with Crippen LogP contribution in [0.5, 0.6) is 0 Å². The Morgan fingerprint density at radius 1 is 1.62 bits per heavy atom. The summed E-state index contributed by atoms with van der Waals surface area (Å²) in [5.41, 5.74) is 1.50. The van der Waals surface area contributed by atoms with Crippen LogP contribution in [0.25, 0.3) is 0 Å². The molecule has 16 heavy (non-hydrogen) atoms. The first-order chi connectivity index (χ1) is 7.69. The van der Waals surface area contributed by atoms with Crippen molar-refractivity contribution in [2.75, 3.05) is 11.4 Å². The van der Waals surface area contributed by atoms with Gasteiger partial charge in [0.25, 0.3) is 0 Å². The minimum absolute atomic E-state index is 0.548. The summed E-state index contributed by atoms with van der Waals surface area (Å²) in [6.45, 7) is 6.40. The number of rotatable bonds is 5. The molecule has 4 heteroatoms. The van der Waals surface area contributed by atoms with Gasteiger partial charge in [-0.15, -0.1) is 6.58 Å². The zero-order valence-corrected chi connectivity index (χ0v) is 9.81. The van der Waals surface area contributed by atoms with Gasteiger partial charge in [0.15, 0.2) is 6.29 Å². The van der Waals surface area contributed by atoms with Crippen molar-refractivity contribution in [3.8, 4) is 0 Å². The van der Waals surface area contributed by atoms with Gasteiger partial charge in [-0.1, -0.05) is 6.08 Å². The van der Waals surface area contributed by atoms with Crippen LogP contribution in [-0.4, -0.2) is 28.7 Å². The van der Waals surface area contributed by atoms with Crippen molar-refractivity contribution in [2.45, 2.75) is 25.8 Å². The van der Waals surface area contributed by atoms with Crippen LogP contribution in [0.1, 0.15) is 28.9 Å². The number of carbonyl (C=O) groups excluding carboxylic acids is 1. The lowest BCUT2D eigenvalue weighted by atomic mass is 10.2. The van der Waals surface area contributed by atoms with Gasteiger partial charge in [-0.25, -0.2) is 0 Å². The van der Waals surface area contributed by atoms with E-state index in [1.165, 1.54) is 12.8 Å². The molecule has 4 nitrogen and oxygen atoms in total. The molecule has 0 unspecified atom stereocenters. The van der Waals surface area contributed by atoms with Crippen LogP contribution in [0, 0.1) is 6.92 Å². The predicted molar refractivity (Wildman–Crippen MR) is 63.9 cm³/mol. The first-order valence-electron chi connectivity index (χ1n) is 5.55. The van der Waals surface area contributed by atoms with Crippen molar-refractivity contribution in [3.05, 3.63) is 23.9 Å². The molecule has 1 aromatic heterocycles. The summed E-state index contributed by atoms with van der Waals surface area (Å²) in [7, 11) is 1.88. The van der Waals surface area contributed by atoms with E-state index in [1.54, 1.807) is 4.68 Å². The van der Waals surface area contributed by atoms with Crippen LogP contribution in [-0.2, 0) is 7.05 Å². The highest BCUT2D eigenvalue weighted by Gasteiger charge is 2.32. The van der Waals surface area contributed by atoms with Crippen molar-refractivity contribution in [3.63, 3.8) is 0 Å². The Morgan fingerprint density at radius 2 is 2.31 bits per heavy atom. The normalized spacial score (nSPS) is 14.9. The zero-order valence-electron chi connectivity index (χ0n) is 9.81. The average molecular weight is 219 g/mol. The number of aromatic nitrogens is 2. The molecule has 1 aliphatic carbocycles. The summed E-state index contributed by atoms with van der Waals surface area (Å²) in [5.74, 6) is 0.926. The Kier molecular flexibility index (Phi) is 2.81. The van der Waals surface area contributed by atoms with E-state index in [0.717, 1.165) is 24.3 Å². The number of hydrogen-bond acceptors (Lipinski definition) is 3. The van der Waals surface area contributed by atoms with Crippen LogP contribution in [0.2, 0.25) is 0 Å². The van der Waals surface area contributed by atoms with Gasteiger partial charge in [0.1, 0.15) is 5.82 Å². The van der Waals surface area contributed by atoms with Gasteiger partial charge in [0.2, 0.25) is 0 Å². The van der Waals surface area contributed by atoms with Gasteiger partial charge in [-0.05, 0) is 19.8 Å². The summed E-state index contributed by atoms with van der Waals surface area (Å²) < 4.78 is 1.79. The van der Waals surface area contributed by atoms with E-state index in [1.807, 2.05) is 20.0 Å². The van der Waals surface area contributed by atoms with Crippen molar-refractivity contribution >= 4 is 12.1 Å². The van der Waals surface area contributed by atoms with Crippen molar-refractivity contribution in [1.82, 2.24) is 9.78 Å². The SMILES string of the molecule is C=CCN(c1c(C=O)c(C)nn1C)C1CC1. The Hall–Kier alpha value is -1.58. The van der Waals surface area contributed by atoms with E-state index < -0.39 is 0 Å². The van der Waals surface area contributed by atoms with Crippen molar-refractivity contribution in [2.24, 2.45) is 7.05 Å². The molecule has 1 aliphatic rings. The molecule has 0 saturated heterocycles. The van der Waals surface area contributed by atoms with Crippen LogP contribution in [0.15, 0.2) is 12.7 Å². The predicted octanol–water partition coefficient (Wildman–Crippen LogP) is 1.70. The van der Waals surface area contributed by atoms with Gasteiger partial charge in [0.05, 0.1) is 11.3 Å². The topological polar surface area (TPSA) is 38.1 Å². The quantitative estimate of drug-likeness (QED) is 0.559. The Bertz CT molecular complexity index is 418. The summed E-state index contributed by atoms with van der Waals surface area (Å²) in [5, 5.41) is 4.30. The second-order valence-electron chi connectivity index (χ2n) is 4.24. The molecule has 0 aromatic carbocycles. The molecule has 0 amide bonds. The molecule has 2 rings (SSSR count). The molecule has 0 spiro atoms. The molecule has 1 aromatic rings. The molecule has 86 valence electrons. The fraction of sp³-hybridized carbons (Fsp3) is 0.500. The van der Waals surface area contributed by atoms with Crippen LogP contribution in [0.4, 0.5) is 5.82 Å². The molecular weight excluding hydrogens is 202 g/mol. The summed E-state index contributed by atoms with van der Waals surface area (Å²) in [6.07, 6.45) is 5.15.